The van der Waals surface area contributed by atoms with Crippen LogP contribution in [-0.2, 0) is 67.8 Å². The molecule has 0 aliphatic carbocycles. The second kappa shape index (κ2) is 25.0. The molecule has 0 bridgehead atoms. The topological polar surface area (TPSA) is 501 Å². The van der Waals surface area contributed by atoms with Crippen molar-refractivity contribution in [2.24, 2.45) is 30.7 Å². The highest BCUT2D eigenvalue weighted by Gasteiger charge is 2.27. The van der Waals surface area contributed by atoms with E-state index in [0.29, 0.717) is 11.1 Å². The van der Waals surface area contributed by atoms with Gasteiger partial charge >= 0.3 is 10.6 Å². The van der Waals surface area contributed by atoms with Crippen LogP contribution in [0, 0.1) is 32.1 Å². The van der Waals surface area contributed by atoms with Gasteiger partial charge in [-0.15, -0.1) is 50.0 Å². The average Bonchev–Trinajstić information content (AvgIpc) is 1.75. The SMILES string of the molecule is Cc1cc(N=Nc2c(C)c(C#N)c3nc4c(S(=O)(=O)O)ccc(C)c4n3c2O)c(OCCCS(=O)(=O)O)cc1N=Nc1cc(CO)c(N=Nc2nc3c(S(=O)(=O)O)cc4ccc(S(=O)(=O)O)cc4c3s2)cc1SCCCS(=O)(=O)O.O=S(=O)=O. The van der Waals surface area contributed by atoms with E-state index in [1.807, 2.05) is 6.07 Å². The van der Waals surface area contributed by atoms with Crippen molar-refractivity contribution in [3.05, 3.63) is 88.5 Å². The van der Waals surface area contributed by atoms with Crippen molar-refractivity contribution in [3.8, 4) is 17.7 Å². The van der Waals surface area contributed by atoms with E-state index >= 15 is 0 Å². The number of pyridine rings is 1. The molecule has 8 aromatic rings. The Balaban J connectivity index is 0.00000245. The van der Waals surface area contributed by atoms with Gasteiger partial charge in [0.1, 0.15) is 43.9 Å². The number of aryl methyl sites for hydroxylation is 2. The third-order valence-electron chi connectivity index (χ3n) is 11.7. The molecule has 0 saturated heterocycles. The first-order valence-electron chi connectivity index (χ1n) is 23.1. The molecule has 0 amide bonds. The summed E-state index contributed by atoms with van der Waals surface area (Å²) < 4.78 is 201. The number of ether oxygens (including phenoxy) is 1. The Morgan fingerprint density at radius 2 is 1.32 bits per heavy atom. The summed E-state index contributed by atoms with van der Waals surface area (Å²) in [6.45, 7) is 3.56. The molecule has 8 rings (SSSR count). The van der Waals surface area contributed by atoms with E-state index in [1.54, 1.807) is 13.8 Å². The maximum atomic E-state index is 12.5. The molecule has 31 nitrogen and oxygen atoms in total. The van der Waals surface area contributed by atoms with Gasteiger partial charge in [0.25, 0.3) is 50.6 Å². The molecule has 0 aliphatic heterocycles. The van der Waals surface area contributed by atoms with E-state index < -0.39 is 99.9 Å². The molecule has 84 heavy (non-hydrogen) atoms. The van der Waals surface area contributed by atoms with E-state index in [4.69, 9.17) is 17.4 Å². The highest BCUT2D eigenvalue weighted by molar-refractivity contribution is 7.99. The molecule has 0 fully saturated rings. The summed E-state index contributed by atoms with van der Waals surface area (Å²) in [6, 6.07) is 14.4. The number of nitriles is 1. The molecular weight excluding hydrogens is 1270 g/mol. The quantitative estimate of drug-likeness (QED) is 0.0163. The van der Waals surface area contributed by atoms with Gasteiger partial charge in [-0.05, 0) is 98.3 Å². The maximum Gasteiger partial charge on any atom is 0.425 e. The largest absolute Gasteiger partial charge is 0.493 e. The first-order chi connectivity index (χ1) is 39.1. The monoisotopic (exact) mass is 1310 g/mol. The summed E-state index contributed by atoms with van der Waals surface area (Å²) in [6.07, 6.45) is -0.274. The second-order valence-electron chi connectivity index (χ2n) is 17.5. The lowest BCUT2D eigenvalue weighted by atomic mass is 10.1. The van der Waals surface area contributed by atoms with Gasteiger partial charge in [-0.2, -0.15) is 52.5 Å². The van der Waals surface area contributed by atoms with Gasteiger partial charge in [-0.25, -0.2) is 9.97 Å². The minimum atomic E-state index is -4.92. The van der Waals surface area contributed by atoms with Crippen LogP contribution in [0.5, 0.6) is 11.6 Å². The van der Waals surface area contributed by atoms with Gasteiger partial charge in [0.15, 0.2) is 11.3 Å². The van der Waals surface area contributed by atoms with Gasteiger partial charge < -0.3 is 14.9 Å². The van der Waals surface area contributed by atoms with Crippen molar-refractivity contribution < 1.29 is 92.4 Å². The van der Waals surface area contributed by atoms with Gasteiger partial charge in [-0.3, -0.25) is 27.2 Å². The number of aromatic hydroxyl groups is 1. The number of hydrogen-bond acceptors (Lipinski definition) is 27. The summed E-state index contributed by atoms with van der Waals surface area (Å²) >= 11 is 1.78. The molecule has 39 heteroatoms. The Hall–Kier alpha value is -7.43. The van der Waals surface area contributed by atoms with Crippen molar-refractivity contribution in [1.29, 1.82) is 5.26 Å². The Morgan fingerprint density at radius 1 is 0.690 bits per heavy atom. The number of rotatable bonds is 20. The Kier molecular flexibility index (Phi) is 19.1. The number of aliphatic hydroxyl groups excluding tert-OH is 1. The molecule has 3 aromatic heterocycles. The molecule has 7 N–H and O–H groups in total. The van der Waals surface area contributed by atoms with Crippen molar-refractivity contribution in [1.82, 2.24) is 14.4 Å². The summed E-state index contributed by atoms with van der Waals surface area (Å²) in [7, 11) is -26.3. The summed E-state index contributed by atoms with van der Waals surface area (Å²) in [5.41, 5.74) is -0.0986. The fourth-order valence-corrected chi connectivity index (χ4v) is 12.9. The van der Waals surface area contributed by atoms with E-state index in [1.165, 1.54) is 43.3 Å². The lowest BCUT2D eigenvalue weighted by Gasteiger charge is -2.12. The number of aromatic nitrogens is 3. The predicted molar refractivity (Wildman–Crippen MR) is 299 cm³/mol. The summed E-state index contributed by atoms with van der Waals surface area (Å²) in [5, 5.41) is 58.4. The number of azo groups is 3. The molecule has 0 unspecified atom stereocenters. The minimum absolute atomic E-state index is 0.00971. The van der Waals surface area contributed by atoms with Gasteiger partial charge in [-0.1, -0.05) is 23.5 Å². The Bertz CT molecular complexity index is 4890. The number of thioether (sulfide) groups is 1. The number of benzene rings is 5. The fraction of sp³-hybridized carbons (Fsp3) is 0.222. The number of imidazole rings is 1. The zero-order valence-electron chi connectivity index (χ0n) is 42.8. The normalized spacial score (nSPS) is 12.8. The van der Waals surface area contributed by atoms with Crippen LogP contribution in [0.25, 0.3) is 37.7 Å². The molecule has 0 radical (unpaired) electrons. The van der Waals surface area contributed by atoms with Gasteiger partial charge in [0.05, 0.1) is 56.9 Å². The number of fused-ring (bicyclic) bond motifs is 6. The maximum absolute atomic E-state index is 12.5. The highest BCUT2D eigenvalue weighted by atomic mass is 32.2. The van der Waals surface area contributed by atoms with Crippen molar-refractivity contribution in [2.75, 3.05) is 23.9 Å². The molecule has 5 aromatic carbocycles. The predicted octanol–water partition coefficient (Wildman–Crippen LogP) is 8.25. The smallest absolute Gasteiger partial charge is 0.425 e. The number of hydrogen-bond donors (Lipinski definition) is 7. The minimum Gasteiger partial charge on any atom is -0.493 e. The molecule has 444 valence electrons. The number of nitrogens with zero attached hydrogens (tertiary/aromatic N) is 10. The van der Waals surface area contributed by atoms with E-state index in [2.05, 4.69) is 40.7 Å². The van der Waals surface area contributed by atoms with Crippen molar-refractivity contribution in [2.45, 2.75) is 59.8 Å². The molecule has 3 heterocycles. The van der Waals surface area contributed by atoms with Crippen LogP contribution >= 0.6 is 23.1 Å². The van der Waals surface area contributed by atoms with E-state index in [9.17, 15) is 80.3 Å². The second-order valence-corrected chi connectivity index (χ2v) is 27.4. The third-order valence-corrected chi connectivity index (χ3v) is 18.0. The molecule has 0 aliphatic rings. The molecule has 0 saturated carbocycles. The standard InChI is InChI=1S/C45H40N10O18S7.O3S/c1-22-6-9-36(79(67,68)69)39-41(22)55-43(47-39)29(20-46)24(3)38(44(55)57)53-51-32-14-23(2)30(18-34(32)73-10-4-12-76(58,59)60)49-52-33-15-26(21-56)31(19-35(33)74-11-5-13-77(61,62)63)50-54-45-48-40-37(80(70,71)72)16-25-7-8-27(78(64,65)66)17-28(25)42(40)75-45;1-4(2)3/h6-9,14-19,56-57H,4-5,10-13,21H2,1-3H3,(H,58,59,60)(H,61,62,63)(H,64,65,66)(H,67,68,69)(H,70,71,72);. The average molecular weight is 1310 g/mol. The Labute approximate surface area is 485 Å². The zero-order valence-corrected chi connectivity index (χ0v) is 49.3. The van der Waals surface area contributed by atoms with Gasteiger partial charge in [0.2, 0.25) is 11.0 Å². The molecule has 0 spiro atoms. The summed E-state index contributed by atoms with van der Waals surface area (Å²) in [4.78, 5) is 7.04. The van der Waals surface area contributed by atoms with E-state index in [-0.39, 0.29) is 124 Å². The third kappa shape index (κ3) is 15.1. The van der Waals surface area contributed by atoms with Gasteiger partial charge in [0, 0.05) is 27.5 Å². The Morgan fingerprint density at radius 3 is 1.94 bits per heavy atom. The van der Waals surface area contributed by atoms with Crippen LogP contribution in [0.1, 0.15) is 40.7 Å². The fourth-order valence-electron chi connectivity index (χ4n) is 7.97. The highest BCUT2D eigenvalue weighted by Crippen LogP contribution is 2.45. The first-order valence-corrected chi connectivity index (χ1v) is 33.4. The van der Waals surface area contributed by atoms with Crippen molar-refractivity contribution in [3.63, 3.8) is 0 Å². The lowest BCUT2D eigenvalue weighted by Crippen LogP contribution is -2.08. The van der Waals surface area contributed by atoms with Crippen LogP contribution in [0.15, 0.2) is 111 Å². The van der Waals surface area contributed by atoms with E-state index in [0.717, 1.165) is 51.8 Å². The molecule has 0 atom stereocenters. The van der Waals surface area contributed by atoms with Crippen LogP contribution in [0.2, 0.25) is 0 Å². The first kappa shape index (κ1) is 64.1. The van der Waals surface area contributed by atoms with Crippen LogP contribution in [0.3, 0.4) is 0 Å². The van der Waals surface area contributed by atoms with Crippen LogP contribution in [-0.4, -0.2) is 126 Å². The summed E-state index contributed by atoms with van der Waals surface area (Å²) in [5.74, 6) is -1.96. The number of aliphatic hydroxyl groups is 1. The zero-order chi connectivity index (χ0) is 62.0. The van der Waals surface area contributed by atoms with Crippen LogP contribution < -0.4 is 4.74 Å². The lowest BCUT2D eigenvalue weighted by molar-refractivity contribution is 0.282. The van der Waals surface area contributed by atoms with Crippen molar-refractivity contribution >= 4 is 156 Å². The number of thiazole rings is 1. The van der Waals surface area contributed by atoms with Crippen LogP contribution in [0.4, 0.5) is 33.6 Å². The molecular formula is C45H40N10O21S8.